The maximum absolute atomic E-state index is 3.53. The molecule has 0 spiro atoms. The van der Waals surface area contributed by atoms with Gasteiger partial charge in [0.25, 0.3) is 0 Å². The second-order valence-corrected chi connectivity index (χ2v) is 5.18. The highest BCUT2D eigenvalue weighted by atomic mass is 32.2. The fraction of sp³-hybridized carbons (Fsp3) is 0.143. The molecule has 0 amide bonds. The van der Waals surface area contributed by atoms with Crippen LogP contribution >= 0.6 is 11.8 Å². The Morgan fingerprint density at radius 3 is 2.56 bits per heavy atom. The van der Waals surface area contributed by atoms with Gasteiger partial charge in [-0.15, -0.1) is 0 Å². The van der Waals surface area contributed by atoms with Crippen LogP contribution in [0, 0.1) is 13.8 Å². The summed E-state index contributed by atoms with van der Waals surface area (Å²) in [6.07, 6.45) is 0. The summed E-state index contributed by atoms with van der Waals surface area (Å²) in [4.78, 5) is 2.67. The van der Waals surface area contributed by atoms with Gasteiger partial charge in [0.05, 0.1) is 11.4 Å². The molecule has 0 aliphatic carbocycles. The van der Waals surface area contributed by atoms with Gasteiger partial charge < -0.3 is 5.32 Å². The minimum atomic E-state index is 1.23. The van der Waals surface area contributed by atoms with Gasteiger partial charge in [0.1, 0.15) is 0 Å². The molecule has 1 nitrogen and oxygen atoms in total. The Morgan fingerprint density at radius 1 is 0.938 bits per heavy atom. The lowest BCUT2D eigenvalue weighted by Crippen LogP contribution is -2.02. The number of anilines is 2. The van der Waals surface area contributed by atoms with E-state index in [1.165, 1.54) is 32.3 Å². The predicted molar refractivity (Wildman–Crippen MR) is 69.8 cm³/mol. The Balaban J connectivity index is 2.17. The van der Waals surface area contributed by atoms with Gasteiger partial charge >= 0.3 is 0 Å². The van der Waals surface area contributed by atoms with Gasteiger partial charge in [-0.05, 0) is 37.1 Å². The molecule has 0 bridgehead atoms. The van der Waals surface area contributed by atoms with E-state index in [1.807, 2.05) is 11.8 Å². The molecule has 1 aliphatic heterocycles. The summed E-state index contributed by atoms with van der Waals surface area (Å²) in [5.74, 6) is 0. The van der Waals surface area contributed by atoms with Gasteiger partial charge in [-0.2, -0.15) is 0 Å². The first-order valence-electron chi connectivity index (χ1n) is 5.40. The minimum absolute atomic E-state index is 1.23. The normalized spacial score (nSPS) is 12.6. The van der Waals surface area contributed by atoms with E-state index in [-0.39, 0.29) is 0 Å². The average Bonchev–Trinajstić information content (AvgIpc) is 2.29. The number of hydrogen-bond acceptors (Lipinski definition) is 2. The van der Waals surface area contributed by atoms with Crippen molar-refractivity contribution in [1.82, 2.24) is 0 Å². The van der Waals surface area contributed by atoms with Crippen LogP contribution in [0.5, 0.6) is 0 Å². The summed E-state index contributed by atoms with van der Waals surface area (Å²) in [6, 6.07) is 12.8. The van der Waals surface area contributed by atoms with Gasteiger partial charge in [0, 0.05) is 9.79 Å². The minimum Gasteiger partial charge on any atom is -0.353 e. The number of hydrogen-bond donors (Lipinski definition) is 1. The molecule has 0 atom stereocenters. The van der Waals surface area contributed by atoms with Crippen molar-refractivity contribution in [2.24, 2.45) is 0 Å². The molecule has 0 saturated heterocycles. The molecule has 0 saturated carbocycles. The average molecular weight is 227 g/mol. The summed E-state index contributed by atoms with van der Waals surface area (Å²) in [5.41, 5.74) is 5.12. The molecule has 1 aliphatic rings. The van der Waals surface area contributed by atoms with Gasteiger partial charge in [0.2, 0.25) is 0 Å². The van der Waals surface area contributed by atoms with E-state index in [2.05, 4.69) is 55.6 Å². The molecule has 1 heterocycles. The van der Waals surface area contributed by atoms with Gasteiger partial charge in [-0.1, -0.05) is 36.0 Å². The van der Waals surface area contributed by atoms with E-state index < -0.39 is 0 Å². The first-order valence-corrected chi connectivity index (χ1v) is 6.21. The van der Waals surface area contributed by atoms with Crippen LogP contribution < -0.4 is 5.32 Å². The van der Waals surface area contributed by atoms with Crippen LogP contribution in [0.25, 0.3) is 0 Å². The van der Waals surface area contributed by atoms with Crippen LogP contribution in [-0.2, 0) is 0 Å². The van der Waals surface area contributed by atoms with Crippen LogP contribution in [0.2, 0.25) is 0 Å². The van der Waals surface area contributed by atoms with Crippen LogP contribution in [0.15, 0.2) is 46.2 Å². The molecule has 80 valence electrons. The lowest BCUT2D eigenvalue weighted by Gasteiger charge is -2.23. The van der Waals surface area contributed by atoms with Crippen molar-refractivity contribution < 1.29 is 0 Å². The molecule has 3 rings (SSSR count). The maximum Gasteiger partial charge on any atom is 0.0556 e. The molecule has 0 radical (unpaired) electrons. The Hall–Kier alpha value is -1.41. The molecule has 2 heteroatoms. The quantitative estimate of drug-likeness (QED) is 0.606. The third-order valence-corrected chi connectivity index (χ3v) is 4.22. The summed E-state index contributed by atoms with van der Waals surface area (Å²) < 4.78 is 0. The van der Waals surface area contributed by atoms with E-state index in [4.69, 9.17) is 0 Å². The van der Waals surface area contributed by atoms with E-state index in [0.29, 0.717) is 0 Å². The molecule has 0 fully saturated rings. The van der Waals surface area contributed by atoms with E-state index in [9.17, 15) is 0 Å². The SMILES string of the molecule is Cc1cccc2c1Nc1cccc(C)c1S2. The van der Waals surface area contributed by atoms with E-state index >= 15 is 0 Å². The monoisotopic (exact) mass is 227 g/mol. The second kappa shape index (κ2) is 3.56. The molecule has 2 aromatic rings. The molecular weight excluding hydrogens is 214 g/mol. The molecule has 1 N–H and O–H groups in total. The molecule has 16 heavy (non-hydrogen) atoms. The molecular formula is C14H13NS. The van der Waals surface area contributed by atoms with E-state index in [0.717, 1.165) is 0 Å². The Kier molecular flexibility index (Phi) is 2.18. The zero-order valence-electron chi connectivity index (χ0n) is 9.37. The summed E-state index contributed by atoms with van der Waals surface area (Å²) in [6.45, 7) is 4.31. The van der Waals surface area contributed by atoms with E-state index in [1.54, 1.807) is 0 Å². The Labute approximate surface area is 99.9 Å². The fourth-order valence-electron chi connectivity index (χ4n) is 2.02. The topological polar surface area (TPSA) is 12.0 Å². The van der Waals surface area contributed by atoms with Crippen molar-refractivity contribution in [2.45, 2.75) is 23.6 Å². The Morgan fingerprint density at radius 2 is 1.69 bits per heavy atom. The standard InChI is InChI=1S/C14H13NS/c1-9-5-4-8-12-13(9)15-11-7-3-6-10(2)14(11)16-12/h3-8,15H,1-2H3. The number of rotatable bonds is 0. The number of benzene rings is 2. The van der Waals surface area contributed by atoms with Crippen LogP contribution in [0.1, 0.15) is 11.1 Å². The largest absolute Gasteiger partial charge is 0.353 e. The highest BCUT2D eigenvalue weighted by Gasteiger charge is 2.17. The third kappa shape index (κ3) is 1.41. The first-order chi connectivity index (χ1) is 7.75. The highest BCUT2D eigenvalue weighted by Crippen LogP contribution is 2.46. The van der Waals surface area contributed by atoms with Crippen molar-refractivity contribution >= 4 is 23.1 Å². The summed E-state index contributed by atoms with van der Waals surface area (Å²) >= 11 is 1.86. The maximum atomic E-state index is 3.53. The number of fused-ring (bicyclic) bond motifs is 2. The van der Waals surface area contributed by atoms with Crippen molar-refractivity contribution in [3.05, 3.63) is 47.5 Å². The van der Waals surface area contributed by atoms with Crippen molar-refractivity contribution in [3.8, 4) is 0 Å². The third-order valence-electron chi connectivity index (χ3n) is 2.92. The number of para-hydroxylation sites is 1. The highest BCUT2D eigenvalue weighted by molar-refractivity contribution is 7.99. The smallest absolute Gasteiger partial charge is 0.0556 e. The second-order valence-electron chi connectivity index (χ2n) is 4.13. The van der Waals surface area contributed by atoms with Crippen LogP contribution in [0.3, 0.4) is 0 Å². The number of aryl methyl sites for hydroxylation is 2. The molecule has 2 aromatic carbocycles. The van der Waals surface area contributed by atoms with Gasteiger partial charge in [-0.25, -0.2) is 0 Å². The summed E-state index contributed by atoms with van der Waals surface area (Å²) in [5, 5.41) is 3.53. The first kappa shape index (κ1) is 9.79. The fourth-order valence-corrected chi connectivity index (χ4v) is 3.16. The molecule has 0 aromatic heterocycles. The zero-order chi connectivity index (χ0) is 11.1. The number of nitrogens with one attached hydrogen (secondary N) is 1. The summed E-state index contributed by atoms with van der Waals surface area (Å²) in [7, 11) is 0. The van der Waals surface area contributed by atoms with Crippen LogP contribution in [-0.4, -0.2) is 0 Å². The van der Waals surface area contributed by atoms with Gasteiger partial charge in [-0.3, -0.25) is 0 Å². The Bertz CT molecular complexity index is 509. The lowest BCUT2D eigenvalue weighted by atomic mass is 10.1. The van der Waals surface area contributed by atoms with Crippen LogP contribution in [0.4, 0.5) is 11.4 Å². The van der Waals surface area contributed by atoms with Gasteiger partial charge in [0.15, 0.2) is 0 Å². The predicted octanol–water partition coefficient (Wildman–Crippen LogP) is 4.51. The lowest BCUT2D eigenvalue weighted by molar-refractivity contribution is 1.23. The van der Waals surface area contributed by atoms with Crippen molar-refractivity contribution in [1.29, 1.82) is 0 Å². The zero-order valence-corrected chi connectivity index (χ0v) is 10.2. The van der Waals surface area contributed by atoms with Crippen molar-refractivity contribution in [3.63, 3.8) is 0 Å². The molecule has 0 unspecified atom stereocenters. The van der Waals surface area contributed by atoms with Crippen molar-refractivity contribution in [2.75, 3.05) is 5.32 Å².